The molecule has 1 atom stereocenters. The molecule has 0 saturated carbocycles. The van der Waals surface area contributed by atoms with Gasteiger partial charge >= 0.3 is 0 Å². The lowest BCUT2D eigenvalue weighted by Gasteiger charge is -2.22. The van der Waals surface area contributed by atoms with Gasteiger partial charge in [-0.25, -0.2) is 0 Å². The number of carbonyl (C=O) groups excluding carboxylic acids is 2. The summed E-state index contributed by atoms with van der Waals surface area (Å²) in [6, 6.07) is 6.66. The second-order valence-corrected chi connectivity index (χ2v) is 5.32. The van der Waals surface area contributed by atoms with E-state index in [1.807, 2.05) is 13.0 Å². The standard InChI is InChI=1S/C16H21N3O3/c1-11(2)10-22-13-5-3-4-12(8-13)19-15(20)9-14-16(21)18-7-6-17-14/h3-5,8,14,17H,1,6-7,9-10H2,2H3,(H,18,21)(H,19,20). The number of ether oxygens (including phenoxy) is 1. The van der Waals surface area contributed by atoms with Crippen LogP contribution in [0.5, 0.6) is 5.75 Å². The van der Waals surface area contributed by atoms with Gasteiger partial charge in [0.05, 0.1) is 12.5 Å². The molecule has 0 bridgehead atoms. The minimum Gasteiger partial charge on any atom is -0.489 e. The van der Waals surface area contributed by atoms with Gasteiger partial charge in [0.1, 0.15) is 12.4 Å². The van der Waals surface area contributed by atoms with Gasteiger partial charge in [-0.05, 0) is 24.6 Å². The van der Waals surface area contributed by atoms with Crippen molar-refractivity contribution in [3.8, 4) is 5.75 Å². The molecular weight excluding hydrogens is 282 g/mol. The number of hydrogen-bond donors (Lipinski definition) is 3. The highest BCUT2D eigenvalue weighted by molar-refractivity contribution is 5.95. The molecule has 0 spiro atoms. The average molecular weight is 303 g/mol. The molecule has 1 aliphatic heterocycles. The third-order valence-electron chi connectivity index (χ3n) is 3.12. The summed E-state index contributed by atoms with van der Waals surface area (Å²) in [5.41, 5.74) is 1.56. The Balaban J connectivity index is 1.89. The molecule has 6 heteroatoms. The van der Waals surface area contributed by atoms with Gasteiger partial charge in [0.25, 0.3) is 0 Å². The minimum absolute atomic E-state index is 0.0999. The number of piperazine rings is 1. The molecular formula is C16H21N3O3. The van der Waals surface area contributed by atoms with Gasteiger partial charge in [0, 0.05) is 24.8 Å². The molecule has 1 heterocycles. The number of carbonyl (C=O) groups is 2. The van der Waals surface area contributed by atoms with Crippen molar-refractivity contribution in [2.24, 2.45) is 0 Å². The number of hydrogen-bond acceptors (Lipinski definition) is 4. The van der Waals surface area contributed by atoms with Gasteiger partial charge in [-0.1, -0.05) is 12.6 Å². The zero-order valence-corrected chi connectivity index (χ0v) is 12.6. The number of amides is 2. The van der Waals surface area contributed by atoms with E-state index in [2.05, 4.69) is 22.5 Å². The van der Waals surface area contributed by atoms with Crippen LogP contribution < -0.4 is 20.7 Å². The third kappa shape index (κ3) is 4.89. The largest absolute Gasteiger partial charge is 0.489 e. The molecule has 6 nitrogen and oxygen atoms in total. The van der Waals surface area contributed by atoms with E-state index in [1.165, 1.54) is 0 Å². The van der Waals surface area contributed by atoms with Crippen molar-refractivity contribution in [2.75, 3.05) is 25.0 Å². The lowest BCUT2D eigenvalue weighted by molar-refractivity contribution is -0.127. The first kappa shape index (κ1) is 16.0. The Labute approximate surface area is 129 Å². The molecule has 0 radical (unpaired) electrons. The van der Waals surface area contributed by atoms with Gasteiger partial charge in [0.15, 0.2) is 0 Å². The first-order chi connectivity index (χ1) is 10.5. The van der Waals surface area contributed by atoms with Crippen molar-refractivity contribution in [3.63, 3.8) is 0 Å². The van der Waals surface area contributed by atoms with Crippen LogP contribution in [0.15, 0.2) is 36.4 Å². The molecule has 1 fully saturated rings. The fourth-order valence-corrected chi connectivity index (χ4v) is 2.08. The first-order valence-electron chi connectivity index (χ1n) is 7.23. The van der Waals surface area contributed by atoms with Crippen LogP contribution in [0.1, 0.15) is 13.3 Å². The molecule has 1 aromatic carbocycles. The molecule has 22 heavy (non-hydrogen) atoms. The Bertz CT molecular complexity index is 572. The fraction of sp³-hybridized carbons (Fsp3) is 0.375. The summed E-state index contributed by atoms with van der Waals surface area (Å²) in [4.78, 5) is 23.6. The maximum absolute atomic E-state index is 12.0. The zero-order valence-electron chi connectivity index (χ0n) is 12.6. The van der Waals surface area contributed by atoms with Gasteiger partial charge in [-0.15, -0.1) is 0 Å². The lowest BCUT2D eigenvalue weighted by Crippen LogP contribution is -2.53. The SMILES string of the molecule is C=C(C)COc1cccc(NC(=O)CC2NCCNC2=O)c1. The van der Waals surface area contributed by atoms with E-state index < -0.39 is 6.04 Å². The van der Waals surface area contributed by atoms with Crippen molar-refractivity contribution in [1.82, 2.24) is 10.6 Å². The molecule has 118 valence electrons. The smallest absolute Gasteiger partial charge is 0.237 e. The van der Waals surface area contributed by atoms with Crippen molar-refractivity contribution >= 4 is 17.5 Å². The van der Waals surface area contributed by atoms with Crippen LogP contribution in [0, 0.1) is 0 Å². The molecule has 1 unspecified atom stereocenters. The second-order valence-electron chi connectivity index (χ2n) is 5.32. The third-order valence-corrected chi connectivity index (χ3v) is 3.12. The molecule has 0 aromatic heterocycles. The van der Waals surface area contributed by atoms with E-state index in [9.17, 15) is 9.59 Å². The Hall–Kier alpha value is -2.34. The zero-order chi connectivity index (χ0) is 15.9. The lowest BCUT2D eigenvalue weighted by atomic mass is 10.1. The van der Waals surface area contributed by atoms with E-state index in [-0.39, 0.29) is 18.2 Å². The van der Waals surface area contributed by atoms with Crippen molar-refractivity contribution in [3.05, 3.63) is 36.4 Å². The Morgan fingerprint density at radius 3 is 3.00 bits per heavy atom. The van der Waals surface area contributed by atoms with Crippen LogP contribution in [0.4, 0.5) is 5.69 Å². The minimum atomic E-state index is -0.475. The Kier molecular flexibility index (Phi) is 5.55. The molecule has 2 rings (SSSR count). The predicted molar refractivity (Wildman–Crippen MR) is 84.8 cm³/mol. The molecule has 0 aliphatic carbocycles. The highest BCUT2D eigenvalue weighted by Crippen LogP contribution is 2.18. The number of anilines is 1. The summed E-state index contributed by atoms with van der Waals surface area (Å²) < 4.78 is 5.53. The van der Waals surface area contributed by atoms with Crippen molar-refractivity contribution in [2.45, 2.75) is 19.4 Å². The number of benzene rings is 1. The Morgan fingerprint density at radius 2 is 2.27 bits per heavy atom. The van der Waals surface area contributed by atoms with Crippen LogP contribution in [0.3, 0.4) is 0 Å². The monoisotopic (exact) mass is 303 g/mol. The summed E-state index contributed by atoms with van der Waals surface area (Å²) in [6.45, 7) is 7.36. The quantitative estimate of drug-likeness (QED) is 0.687. The molecule has 3 N–H and O–H groups in total. The van der Waals surface area contributed by atoms with Crippen molar-refractivity contribution < 1.29 is 14.3 Å². The average Bonchev–Trinajstić information content (AvgIpc) is 2.48. The van der Waals surface area contributed by atoms with Gasteiger partial charge < -0.3 is 20.7 Å². The molecule has 2 amide bonds. The van der Waals surface area contributed by atoms with Gasteiger partial charge in [0.2, 0.25) is 11.8 Å². The highest BCUT2D eigenvalue weighted by Gasteiger charge is 2.23. The van der Waals surface area contributed by atoms with E-state index >= 15 is 0 Å². The van der Waals surface area contributed by atoms with Crippen LogP contribution >= 0.6 is 0 Å². The van der Waals surface area contributed by atoms with Crippen LogP contribution in [-0.2, 0) is 9.59 Å². The fourth-order valence-electron chi connectivity index (χ4n) is 2.08. The molecule has 1 aromatic rings. The first-order valence-corrected chi connectivity index (χ1v) is 7.23. The summed E-state index contributed by atoms with van der Waals surface area (Å²) in [5, 5.41) is 8.53. The Morgan fingerprint density at radius 1 is 1.45 bits per heavy atom. The van der Waals surface area contributed by atoms with Crippen molar-refractivity contribution in [1.29, 1.82) is 0 Å². The van der Waals surface area contributed by atoms with Gasteiger partial charge in [-0.2, -0.15) is 0 Å². The van der Waals surface area contributed by atoms with E-state index in [0.717, 1.165) is 5.57 Å². The van der Waals surface area contributed by atoms with Crippen LogP contribution in [-0.4, -0.2) is 37.6 Å². The maximum Gasteiger partial charge on any atom is 0.237 e. The van der Waals surface area contributed by atoms with Crippen LogP contribution in [0.25, 0.3) is 0 Å². The summed E-state index contributed by atoms with van der Waals surface area (Å²) in [7, 11) is 0. The topological polar surface area (TPSA) is 79.5 Å². The summed E-state index contributed by atoms with van der Waals surface area (Å²) in [6.07, 6.45) is 0.0999. The maximum atomic E-state index is 12.0. The summed E-state index contributed by atoms with van der Waals surface area (Å²) in [5.74, 6) is 0.306. The van der Waals surface area contributed by atoms with E-state index in [1.54, 1.807) is 18.2 Å². The normalized spacial score (nSPS) is 17.5. The van der Waals surface area contributed by atoms with Crippen LogP contribution in [0.2, 0.25) is 0 Å². The van der Waals surface area contributed by atoms with Gasteiger partial charge in [-0.3, -0.25) is 9.59 Å². The predicted octanol–water partition coefficient (Wildman–Crippen LogP) is 1.06. The second kappa shape index (κ2) is 7.61. The van der Waals surface area contributed by atoms with E-state index in [4.69, 9.17) is 4.74 Å². The molecule has 1 aliphatic rings. The van der Waals surface area contributed by atoms with E-state index in [0.29, 0.717) is 31.1 Å². The summed E-state index contributed by atoms with van der Waals surface area (Å²) >= 11 is 0. The molecule has 1 saturated heterocycles. The number of rotatable bonds is 6. The highest BCUT2D eigenvalue weighted by atomic mass is 16.5. The number of nitrogens with one attached hydrogen (secondary N) is 3.